The van der Waals surface area contributed by atoms with Gasteiger partial charge in [0.15, 0.2) is 0 Å². The van der Waals surface area contributed by atoms with Crippen LogP contribution in [-0.2, 0) is 20.0 Å². The Balaban J connectivity index is 2.24. The summed E-state index contributed by atoms with van der Waals surface area (Å²) in [6.07, 6.45) is 3.51. The van der Waals surface area contributed by atoms with Crippen LogP contribution < -0.4 is 9.44 Å². The Morgan fingerprint density at radius 3 is 2.60 bits per heavy atom. The summed E-state index contributed by atoms with van der Waals surface area (Å²) in [4.78, 5) is 14.5. The number of sulfonamides is 2. The Bertz CT molecular complexity index is 836. The fourth-order valence-electron chi connectivity index (χ4n) is 2.81. The number of hydrogen-bond acceptors (Lipinski definition) is 5. The highest BCUT2D eigenvalue weighted by Crippen LogP contribution is 2.21. The van der Waals surface area contributed by atoms with Crippen LogP contribution in [0.3, 0.4) is 0 Å². The van der Waals surface area contributed by atoms with Crippen molar-refractivity contribution in [2.24, 2.45) is 0 Å². The molecule has 1 aromatic carbocycles. The van der Waals surface area contributed by atoms with Crippen molar-refractivity contribution in [1.82, 2.24) is 14.3 Å². The third-order valence-corrected chi connectivity index (χ3v) is 6.23. The first-order valence-corrected chi connectivity index (χ1v) is 11.3. The zero-order valence-electron chi connectivity index (χ0n) is 14.2. The summed E-state index contributed by atoms with van der Waals surface area (Å²) in [7, 11) is -5.68. The van der Waals surface area contributed by atoms with Gasteiger partial charge in [0.1, 0.15) is 0 Å². The van der Waals surface area contributed by atoms with Gasteiger partial charge in [-0.05, 0) is 44.5 Å². The monoisotopic (exact) mass is 389 g/mol. The maximum absolute atomic E-state index is 12.8. The predicted molar refractivity (Wildman–Crippen MR) is 94.2 cm³/mol. The molecule has 0 bridgehead atoms. The number of amides is 1. The quantitative estimate of drug-likeness (QED) is 0.719. The van der Waals surface area contributed by atoms with Crippen molar-refractivity contribution in [3.8, 4) is 0 Å². The molecule has 1 aliphatic rings. The largest absolute Gasteiger partial charge is 0.334 e. The van der Waals surface area contributed by atoms with Gasteiger partial charge < -0.3 is 4.90 Å². The molecule has 8 nitrogen and oxygen atoms in total. The summed E-state index contributed by atoms with van der Waals surface area (Å²) in [5.41, 5.74) is 0.266. The van der Waals surface area contributed by atoms with Gasteiger partial charge in [-0.2, -0.15) is 0 Å². The zero-order valence-corrected chi connectivity index (χ0v) is 15.9. The Morgan fingerprint density at radius 1 is 1.24 bits per heavy atom. The normalized spacial score (nSPS) is 19.0. The van der Waals surface area contributed by atoms with Gasteiger partial charge in [-0.15, -0.1) is 0 Å². The second-order valence-corrected chi connectivity index (χ2v) is 9.72. The molecule has 0 spiro atoms. The van der Waals surface area contributed by atoms with Gasteiger partial charge in [-0.25, -0.2) is 26.3 Å². The molecule has 2 N–H and O–H groups in total. The zero-order chi connectivity index (χ0) is 18.7. The van der Waals surface area contributed by atoms with Crippen molar-refractivity contribution in [3.63, 3.8) is 0 Å². The number of piperidine rings is 1. The molecule has 1 atom stereocenters. The number of carbonyl (C=O) groups excluding carboxylic acids is 1. The van der Waals surface area contributed by atoms with Crippen molar-refractivity contribution in [2.75, 3.05) is 26.4 Å². The average Bonchev–Trinajstić information content (AvgIpc) is 2.59. The molecule has 25 heavy (non-hydrogen) atoms. The minimum Gasteiger partial charge on any atom is -0.334 e. The van der Waals surface area contributed by atoms with E-state index in [1.165, 1.54) is 25.2 Å². The summed E-state index contributed by atoms with van der Waals surface area (Å²) in [6.45, 7) is 0.664. The summed E-state index contributed by atoms with van der Waals surface area (Å²) in [5.74, 6) is -0.298. The van der Waals surface area contributed by atoms with Gasteiger partial charge in [-0.3, -0.25) is 4.79 Å². The highest BCUT2D eigenvalue weighted by molar-refractivity contribution is 7.89. The SMILES string of the molecule is CNS(=O)(=O)c1cccc(C(=O)N2CCCCC2CNS(C)(=O)=O)c1. The van der Waals surface area contributed by atoms with Gasteiger partial charge in [0.2, 0.25) is 20.0 Å². The molecular weight excluding hydrogens is 366 g/mol. The van der Waals surface area contributed by atoms with E-state index in [1.54, 1.807) is 11.0 Å². The van der Waals surface area contributed by atoms with E-state index in [9.17, 15) is 21.6 Å². The van der Waals surface area contributed by atoms with Crippen LogP contribution in [0, 0.1) is 0 Å². The Kier molecular flexibility index (Phi) is 6.20. The van der Waals surface area contributed by atoms with Crippen molar-refractivity contribution in [3.05, 3.63) is 29.8 Å². The minimum atomic E-state index is -3.64. The van der Waals surface area contributed by atoms with Crippen molar-refractivity contribution >= 4 is 26.0 Å². The number of rotatable bonds is 6. The number of benzene rings is 1. The first-order chi connectivity index (χ1) is 11.6. The van der Waals surface area contributed by atoms with Gasteiger partial charge in [0, 0.05) is 24.7 Å². The number of nitrogens with zero attached hydrogens (tertiary/aromatic N) is 1. The summed E-state index contributed by atoms with van der Waals surface area (Å²) in [5, 5.41) is 0. The first-order valence-electron chi connectivity index (χ1n) is 7.93. The Labute approximate surface area is 148 Å². The first kappa shape index (κ1) is 19.8. The maximum Gasteiger partial charge on any atom is 0.254 e. The smallest absolute Gasteiger partial charge is 0.254 e. The third-order valence-electron chi connectivity index (χ3n) is 4.13. The molecule has 1 amide bonds. The molecule has 1 fully saturated rings. The summed E-state index contributed by atoms with van der Waals surface area (Å²) >= 11 is 0. The molecule has 140 valence electrons. The molecule has 1 saturated heterocycles. The van der Waals surface area contributed by atoms with Gasteiger partial charge in [0.25, 0.3) is 5.91 Å². The van der Waals surface area contributed by atoms with Crippen LogP contribution in [0.4, 0.5) is 0 Å². The van der Waals surface area contributed by atoms with E-state index >= 15 is 0 Å². The topological polar surface area (TPSA) is 113 Å². The molecule has 1 aliphatic heterocycles. The van der Waals surface area contributed by atoms with E-state index in [-0.39, 0.29) is 29.0 Å². The molecule has 0 saturated carbocycles. The summed E-state index contributed by atoms with van der Waals surface area (Å²) in [6, 6.07) is 5.59. The van der Waals surface area contributed by atoms with Crippen molar-refractivity contribution in [1.29, 1.82) is 0 Å². The van der Waals surface area contributed by atoms with Crippen LogP contribution in [0.25, 0.3) is 0 Å². The van der Waals surface area contributed by atoms with E-state index in [0.29, 0.717) is 13.0 Å². The number of carbonyl (C=O) groups is 1. The highest BCUT2D eigenvalue weighted by atomic mass is 32.2. The molecular formula is C15H23N3O5S2. The van der Waals surface area contributed by atoms with Crippen LogP contribution in [0.1, 0.15) is 29.6 Å². The minimum absolute atomic E-state index is 0.0173. The molecule has 0 aromatic heterocycles. The lowest BCUT2D eigenvalue weighted by Crippen LogP contribution is -2.49. The lowest BCUT2D eigenvalue weighted by Gasteiger charge is -2.36. The van der Waals surface area contributed by atoms with E-state index in [0.717, 1.165) is 19.1 Å². The van der Waals surface area contributed by atoms with Crippen molar-refractivity contribution in [2.45, 2.75) is 30.2 Å². The van der Waals surface area contributed by atoms with E-state index in [2.05, 4.69) is 9.44 Å². The van der Waals surface area contributed by atoms with E-state index in [4.69, 9.17) is 0 Å². The number of likely N-dealkylation sites (tertiary alicyclic amines) is 1. The number of hydrogen-bond donors (Lipinski definition) is 2. The molecule has 1 heterocycles. The van der Waals surface area contributed by atoms with E-state index in [1.807, 2.05) is 0 Å². The van der Waals surface area contributed by atoms with Gasteiger partial charge in [-0.1, -0.05) is 6.07 Å². The molecule has 10 heteroatoms. The standard InChI is InChI=1S/C15H23N3O5S2/c1-16-25(22,23)14-8-5-6-12(10-14)15(19)18-9-4-3-7-13(18)11-17-24(2,20)21/h5-6,8,10,13,16-17H,3-4,7,9,11H2,1-2H3. The predicted octanol–water partition coefficient (Wildman–Crippen LogP) is 0.139. The number of nitrogens with one attached hydrogen (secondary N) is 2. The van der Waals surface area contributed by atoms with Crippen molar-refractivity contribution < 1.29 is 21.6 Å². The fraction of sp³-hybridized carbons (Fsp3) is 0.533. The van der Waals surface area contributed by atoms with Gasteiger partial charge >= 0.3 is 0 Å². The molecule has 1 aromatic rings. The van der Waals surface area contributed by atoms with Crippen LogP contribution in [0.5, 0.6) is 0 Å². The highest BCUT2D eigenvalue weighted by Gasteiger charge is 2.28. The third kappa shape index (κ3) is 5.24. The maximum atomic E-state index is 12.8. The summed E-state index contributed by atoms with van der Waals surface area (Å²) < 4.78 is 51.1. The van der Waals surface area contributed by atoms with Crippen LogP contribution in [0.2, 0.25) is 0 Å². The average molecular weight is 389 g/mol. The van der Waals surface area contributed by atoms with Crippen LogP contribution >= 0.6 is 0 Å². The lowest BCUT2D eigenvalue weighted by atomic mass is 10.0. The molecule has 0 radical (unpaired) electrons. The molecule has 2 rings (SSSR count). The molecule has 1 unspecified atom stereocenters. The molecule has 0 aliphatic carbocycles. The Hall–Kier alpha value is -1.49. The second kappa shape index (κ2) is 7.81. The fourth-order valence-corrected chi connectivity index (χ4v) is 4.08. The van der Waals surface area contributed by atoms with E-state index < -0.39 is 20.0 Å². The van der Waals surface area contributed by atoms with Gasteiger partial charge in [0.05, 0.1) is 11.2 Å². The lowest BCUT2D eigenvalue weighted by molar-refractivity contribution is 0.0618. The second-order valence-electron chi connectivity index (χ2n) is 6.00. The Morgan fingerprint density at radius 2 is 1.96 bits per heavy atom. The van der Waals surface area contributed by atoms with Crippen LogP contribution in [0.15, 0.2) is 29.2 Å². The van der Waals surface area contributed by atoms with Crippen LogP contribution in [-0.4, -0.2) is 60.1 Å².